The van der Waals surface area contributed by atoms with Crippen molar-refractivity contribution in [3.05, 3.63) is 43.9 Å². The topological polar surface area (TPSA) is 125 Å². The van der Waals surface area contributed by atoms with Gasteiger partial charge in [0.25, 0.3) is 5.69 Å². The maximum atomic E-state index is 11.4. The number of nitrogens with one attached hydrogen (secondary N) is 3. The van der Waals surface area contributed by atoms with Crippen LogP contribution in [0.4, 0.5) is 15.6 Å². The van der Waals surface area contributed by atoms with Crippen molar-refractivity contribution in [2.45, 2.75) is 0 Å². The van der Waals surface area contributed by atoms with E-state index in [-0.39, 0.29) is 5.69 Å². The highest BCUT2D eigenvalue weighted by Crippen LogP contribution is 2.11. The largest absolute Gasteiger partial charge is 0.341 e. The molecule has 0 bridgehead atoms. The SMILES string of the molecule is O=C(N/N=C/c1ccc([N+](=O)[O-])cc1)Nc1n[nH]c(=S)s1. The first-order valence-corrected chi connectivity index (χ1v) is 6.67. The van der Waals surface area contributed by atoms with Crippen LogP contribution < -0.4 is 10.7 Å². The molecule has 0 saturated heterocycles. The first-order valence-electron chi connectivity index (χ1n) is 5.44. The lowest BCUT2D eigenvalue weighted by molar-refractivity contribution is -0.384. The lowest BCUT2D eigenvalue weighted by atomic mass is 10.2. The van der Waals surface area contributed by atoms with Gasteiger partial charge in [0, 0.05) is 12.1 Å². The standard InChI is InChI=1S/C10H8N6O3S2/c17-8(12-9-14-15-10(20)21-9)13-11-5-6-1-3-7(4-2-6)16(18)19/h1-5H,(H,15,20)(H2,12,13,14,17)/b11-5+. The quantitative estimate of drug-likeness (QED) is 0.344. The molecule has 0 unspecified atom stereocenters. The van der Waals surface area contributed by atoms with Gasteiger partial charge in [-0.2, -0.15) is 5.10 Å². The molecule has 0 aliphatic rings. The highest BCUT2D eigenvalue weighted by Gasteiger charge is 2.04. The van der Waals surface area contributed by atoms with Crippen LogP contribution in [0.15, 0.2) is 29.4 Å². The van der Waals surface area contributed by atoms with E-state index in [1.807, 2.05) is 0 Å². The van der Waals surface area contributed by atoms with E-state index in [4.69, 9.17) is 12.2 Å². The molecule has 0 fully saturated rings. The molecule has 1 heterocycles. The van der Waals surface area contributed by atoms with Crippen molar-refractivity contribution in [1.29, 1.82) is 0 Å². The fourth-order valence-electron chi connectivity index (χ4n) is 1.26. The summed E-state index contributed by atoms with van der Waals surface area (Å²) >= 11 is 5.93. The van der Waals surface area contributed by atoms with E-state index >= 15 is 0 Å². The van der Waals surface area contributed by atoms with E-state index in [0.717, 1.165) is 11.3 Å². The number of non-ortho nitro benzene ring substituents is 1. The first kappa shape index (κ1) is 14.7. The molecule has 2 rings (SSSR count). The zero-order valence-corrected chi connectivity index (χ0v) is 11.9. The Hall–Kier alpha value is -2.66. The number of anilines is 1. The van der Waals surface area contributed by atoms with E-state index in [0.29, 0.717) is 14.6 Å². The van der Waals surface area contributed by atoms with Gasteiger partial charge in [0.05, 0.1) is 11.1 Å². The number of nitrogens with zero attached hydrogens (tertiary/aromatic N) is 3. The maximum Gasteiger partial charge on any atom is 0.341 e. The summed E-state index contributed by atoms with van der Waals surface area (Å²) in [4.78, 5) is 21.4. The van der Waals surface area contributed by atoms with Gasteiger partial charge in [-0.1, -0.05) is 11.3 Å². The normalized spacial score (nSPS) is 10.5. The van der Waals surface area contributed by atoms with Crippen LogP contribution in [-0.4, -0.2) is 27.4 Å². The van der Waals surface area contributed by atoms with Crippen molar-refractivity contribution in [2.75, 3.05) is 5.32 Å². The molecule has 2 amide bonds. The van der Waals surface area contributed by atoms with Crippen molar-refractivity contribution in [3.63, 3.8) is 0 Å². The molecule has 1 aromatic heterocycles. The third-order valence-electron chi connectivity index (χ3n) is 2.14. The van der Waals surface area contributed by atoms with Crippen molar-refractivity contribution >= 4 is 46.6 Å². The molecule has 3 N–H and O–H groups in total. The summed E-state index contributed by atoms with van der Waals surface area (Å²) < 4.78 is 0.444. The molecule has 0 aliphatic heterocycles. The molecular weight excluding hydrogens is 316 g/mol. The van der Waals surface area contributed by atoms with E-state index in [1.54, 1.807) is 0 Å². The number of urea groups is 1. The summed E-state index contributed by atoms with van der Waals surface area (Å²) in [5.74, 6) is 0. The predicted molar refractivity (Wildman–Crippen MR) is 80.1 cm³/mol. The lowest BCUT2D eigenvalue weighted by Crippen LogP contribution is -2.24. The average Bonchev–Trinajstić information content (AvgIpc) is 2.84. The van der Waals surface area contributed by atoms with Crippen molar-refractivity contribution in [3.8, 4) is 0 Å². The van der Waals surface area contributed by atoms with E-state index < -0.39 is 11.0 Å². The summed E-state index contributed by atoms with van der Waals surface area (Å²) in [5, 5.41) is 23.2. The molecule has 9 nitrogen and oxygen atoms in total. The summed E-state index contributed by atoms with van der Waals surface area (Å²) in [6.45, 7) is 0. The number of amides is 2. The second-order valence-electron chi connectivity index (χ2n) is 3.59. The van der Waals surface area contributed by atoms with Crippen LogP contribution in [0.5, 0.6) is 0 Å². The number of nitro benzene ring substituents is 1. The minimum absolute atomic E-state index is 0.0161. The van der Waals surface area contributed by atoms with E-state index in [9.17, 15) is 14.9 Å². The van der Waals surface area contributed by atoms with Gasteiger partial charge >= 0.3 is 6.03 Å². The van der Waals surface area contributed by atoms with E-state index in [2.05, 4.69) is 26.0 Å². The van der Waals surface area contributed by atoms with Crippen LogP contribution in [0.1, 0.15) is 5.56 Å². The van der Waals surface area contributed by atoms with Crippen LogP contribution in [0.25, 0.3) is 0 Å². The second-order valence-corrected chi connectivity index (χ2v) is 5.26. The van der Waals surface area contributed by atoms with Gasteiger partial charge < -0.3 is 0 Å². The van der Waals surface area contributed by atoms with Gasteiger partial charge in [0.1, 0.15) is 0 Å². The molecule has 0 atom stereocenters. The molecule has 21 heavy (non-hydrogen) atoms. The number of hydrogen-bond donors (Lipinski definition) is 3. The highest BCUT2D eigenvalue weighted by atomic mass is 32.1. The lowest BCUT2D eigenvalue weighted by Gasteiger charge is -1.98. The summed E-state index contributed by atoms with van der Waals surface area (Å²) in [7, 11) is 0. The zero-order valence-electron chi connectivity index (χ0n) is 10.3. The molecule has 0 aliphatic carbocycles. The zero-order chi connectivity index (χ0) is 15.2. The second kappa shape index (κ2) is 6.67. The molecule has 0 radical (unpaired) electrons. The van der Waals surface area contributed by atoms with Crippen LogP contribution in [-0.2, 0) is 0 Å². The number of aromatic amines is 1. The van der Waals surface area contributed by atoms with Gasteiger partial charge in [-0.15, -0.1) is 5.10 Å². The first-order chi connectivity index (χ1) is 10.0. The molecule has 11 heteroatoms. The highest BCUT2D eigenvalue weighted by molar-refractivity contribution is 7.73. The Balaban J connectivity index is 1.88. The van der Waals surface area contributed by atoms with Crippen molar-refractivity contribution < 1.29 is 9.72 Å². The monoisotopic (exact) mass is 324 g/mol. The van der Waals surface area contributed by atoms with Crippen LogP contribution >= 0.6 is 23.6 Å². The van der Waals surface area contributed by atoms with Crippen LogP contribution in [0, 0.1) is 14.1 Å². The van der Waals surface area contributed by atoms with Gasteiger partial charge in [0.15, 0.2) is 3.95 Å². The fraction of sp³-hybridized carbons (Fsp3) is 0. The van der Waals surface area contributed by atoms with Crippen molar-refractivity contribution in [2.24, 2.45) is 5.10 Å². The van der Waals surface area contributed by atoms with Crippen LogP contribution in [0.3, 0.4) is 0 Å². The summed E-state index contributed by atoms with van der Waals surface area (Å²) in [6, 6.07) is 5.14. The Bertz CT molecular complexity index is 736. The number of carbonyl (C=O) groups is 1. The molecule has 2 aromatic rings. The number of aromatic nitrogens is 2. The van der Waals surface area contributed by atoms with Gasteiger partial charge in [-0.3, -0.25) is 20.5 Å². The predicted octanol–water partition coefficient (Wildman–Crippen LogP) is 2.26. The number of benzene rings is 1. The average molecular weight is 324 g/mol. The van der Waals surface area contributed by atoms with Gasteiger partial charge in [0.2, 0.25) is 5.13 Å². The van der Waals surface area contributed by atoms with E-state index in [1.165, 1.54) is 30.5 Å². The van der Waals surface area contributed by atoms with Crippen LogP contribution in [0.2, 0.25) is 0 Å². The van der Waals surface area contributed by atoms with Crippen molar-refractivity contribution in [1.82, 2.24) is 15.6 Å². The number of rotatable bonds is 4. The molecule has 1 aromatic carbocycles. The Morgan fingerprint density at radius 3 is 2.76 bits per heavy atom. The number of hydrazone groups is 1. The molecule has 0 spiro atoms. The Morgan fingerprint density at radius 2 is 2.19 bits per heavy atom. The van der Waals surface area contributed by atoms with Gasteiger partial charge in [-0.05, 0) is 29.9 Å². The maximum absolute atomic E-state index is 11.4. The third kappa shape index (κ3) is 4.43. The minimum atomic E-state index is -0.578. The summed E-state index contributed by atoms with van der Waals surface area (Å²) in [6.07, 6.45) is 1.36. The number of hydrogen-bond acceptors (Lipinski definition) is 7. The van der Waals surface area contributed by atoms with Gasteiger partial charge in [-0.25, -0.2) is 10.2 Å². The Kier molecular flexibility index (Phi) is 4.68. The smallest absolute Gasteiger partial charge is 0.281 e. The molecular formula is C10H8N6O3S2. The molecule has 0 saturated carbocycles. The summed E-state index contributed by atoms with van der Waals surface area (Å²) in [5.41, 5.74) is 2.82. The number of H-pyrrole nitrogens is 1. The number of carbonyl (C=O) groups excluding carboxylic acids is 1. The third-order valence-corrected chi connectivity index (χ3v) is 3.15. The minimum Gasteiger partial charge on any atom is -0.281 e. The Morgan fingerprint density at radius 1 is 1.48 bits per heavy atom. The molecule has 108 valence electrons. The Labute approximate surface area is 126 Å². The number of nitro groups is 1. The fourth-order valence-corrected chi connectivity index (χ4v) is 2.04.